The van der Waals surface area contributed by atoms with Crippen LogP contribution in [-0.4, -0.2) is 30.6 Å². The van der Waals surface area contributed by atoms with E-state index < -0.39 is 16.9 Å². The van der Waals surface area contributed by atoms with Gasteiger partial charge >= 0.3 is 5.69 Å². The Morgan fingerprint density at radius 3 is 2.59 bits per heavy atom. The van der Waals surface area contributed by atoms with Crippen LogP contribution in [0.15, 0.2) is 48.5 Å². The lowest BCUT2D eigenvalue weighted by Gasteiger charge is -2.25. The van der Waals surface area contributed by atoms with Gasteiger partial charge in [0.15, 0.2) is 11.9 Å². The van der Waals surface area contributed by atoms with E-state index in [1.165, 1.54) is 37.1 Å². The monoisotopic (exact) mass is 369 g/mol. The Bertz CT molecular complexity index is 848. The summed E-state index contributed by atoms with van der Waals surface area (Å²) in [6.45, 7) is 1.70. The summed E-state index contributed by atoms with van der Waals surface area (Å²) in [6.07, 6.45) is -0.841. The molecule has 2 aromatic carbocycles. The minimum absolute atomic E-state index is 0.0325. The van der Waals surface area contributed by atoms with Crippen molar-refractivity contribution in [3.8, 4) is 17.6 Å². The second kappa shape index (κ2) is 9.20. The van der Waals surface area contributed by atoms with Crippen molar-refractivity contribution in [3.05, 3.63) is 58.6 Å². The van der Waals surface area contributed by atoms with Gasteiger partial charge in [-0.3, -0.25) is 14.9 Å². The van der Waals surface area contributed by atoms with Crippen molar-refractivity contribution in [3.63, 3.8) is 0 Å². The van der Waals surface area contributed by atoms with Gasteiger partial charge in [-0.1, -0.05) is 18.2 Å². The van der Waals surface area contributed by atoms with Crippen LogP contribution in [0.2, 0.25) is 0 Å². The minimum atomic E-state index is -0.990. The summed E-state index contributed by atoms with van der Waals surface area (Å²) < 4.78 is 10.6. The zero-order valence-corrected chi connectivity index (χ0v) is 15.0. The van der Waals surface area contributed by atoms with Crippen molar-refractivity contribution in [1.82, 2.24) is 0 Å². The van der Waals surface area contributed by atoms with Gasteiger partial charge in [0.2, 0.25) is 0 Å². The largest absolute Gasteiger partial charge is 0.496 e. The predicted molar refractivity (Wildman–Crippen MR) is 98.8 cm³/mol. The molecule has 0 aliphatic heterocycles. The molecular weight excluding hydrogens is 350 g/mol. The fraction of sp³-hybridized carbons (Fsp3) is 0.263. The summed E-state index contributed by atoms with van der Waals surface area (Å²) >= 11 is 0. The molecule has 1 amide bonds. The van der Waals surface area contributed by atoms with Crippen LogP contribution in [0.4, 0.5) is 11.4 Å². The van der Waals surface area contributed by atoms with E-state index in [1.807, 2.05) is 12.1 Å². The first-order chi connectivity index (χ1) is 13.0. The van der Waals surface area contributed by atoms with Crippen LogP contribution in [-0.2, 0) is 4.79 Å². The van der Waals surface area contributed by atoms with Crippen LogP contribution < -0.4 is 14.4 Å². The molecule has 0 unspecified atom stereocenters. The van der Waals surface area contributed by atoms with E-state index in [-0.39, 0.29) is 24.4 Å². The highest BCUT2D eigenvalue weighted by Crippen LogP contribution is 2.32. The van der Waals surface area contributed by atoms with Crippen molar-refractivity contribution in [2.45, 2.75) is 19.4 Å². The van der Waals surface area contributed by atoms with Gasteiger partial charge in [-0.2, -0.15) is 5.26 Å². The molecule has 2 aromatic rings. The Hall–Kier alpha value is -3.60. The quantitative estimate of drug-likeness (QED) is 0.522. The summed E-state index contributed by atoms with van der Waals surface area (Å²) in [7, 11) is 1.40. The molecular formula is C19H19N3O5. The van der Waals surface area contributed by atoms with Crippen LogP contribution in [0.5, 0.6) is 11.5 Å². The Labute approximate surface area is 156 Å². The minimum Gasteiger partial charge on any atom is -0.496 e. The molecule has 27 heavy (non-hydrogen) atoms. The first-order valence-corrected chi connectivity index (χ1v) is 8.20. The molecule has 0 aliphatic carbocycles. The number of nitriles is 1. The number of amides is 1. The maximum atomic E-state index is 12.9. The maximum Gasteiger partial charge on any atom is 0.314 e. The molecule has 8 heteroatoms. The molecule has 0 saturated heterocycles. The average molecular weight is 369 g/mol. The van der Waals surface area contributed by atoms with Crippen molar-refractivity contribution in [1.29, 1.82) is 5.26 Å². The number of benzene rings is 2. The Morgan fingerprint density at radius 1 is 1.30 bits per heavy atom. The molecule has 140 valence electrons. The average Bonchev–Trinajstić information content (AvgIpc) is 2.69. The summed E-state index contributed by atoms with van der Waals surface area (Å²) in [5.74, 6) is -0.121. The van der Waals surface area contributed by atoms with Gasteiger partial charge in [-0.05, 0) is 31.2 Å². The maximum absolute atomic E-state index is 12.9. The lowest BCUT2D eigenvalue weighted by molar-refractivity contribution is -0.386. The SMILES string of the molecule is COc1ccc(O[C@@H](C)C(=O)N(CCC#N)c2ccccc2)c([N+](=O)[O-])c1. The smallest absolute Gasteiger partial charge is 0.314 e. The Morgan fingerprint density at radius 2 is 2.00 bits per heavy atom. The van der Waals surface area contributed by atoms with Crippen LogP contribution >= 0.6 is 0 Å². The molecule has 0 spiro atoms. The number of nitro groups is 1. The van der Waals surface area contributed by atoms with Crippen molar-refractivity contribution in [2.24, 2.45) is 0 Å². The molecule has 0 aliphatic rings. The van der Waals surface area contributed by atoms with Gasteiger partial charge in [0, 0.05) is 12.2 Å². The lowest BCUT2D eigenvalue weighted by atomic mass is 10.2. The molecule has 0 saturated carbocycles. The summed E-state index contributed by atoms with van der Waals surface area (Å²) in [4.78, 5) is 25.0. The second-order valence-electron chi connectivity index (χ2n) is 5.58. The van der Waals surface area contributed by atoms with Gasteiger partial charge in [0.05, 0.1) is 30.6 Å². The number of hydrogen-bond acceptors (Lipinski definition) is 6. The molecule has 0 bridgehead atoms. The van der Waals surface area contributed by atoms with E-state index in [1.54, 1.807) is 24.3 Å². The number of nitrogens with zero attached hydrogens (tertiary/aromatic N) is 3. The molecule has 0 heterocycles. The predicted octanol–water partition coefficient (Wildman–Crippen LogP) is 3.32. The number of para-hydroxylation sites is 1. The molecule has 0 aromatic heterocycles. The fourth-order valence-electron chi connectivity index (χ4n) is 2.46. The zero-order chi connectivity index (χ0) is 19.8. The summed E-state index contributed by atoms with van der Waals surface area (Å²) in [5.41, 5.74) is 0.328. The standard InChI is InChI=1S/C19H19N3O5/c1-14(27-18-10-9-16(26-2)13-17(18)22(24)25)19(23)21(12-6-11-20)15-7-4-3-5-8-15/h3-5,7-10,13-14H,6,12H2,1-2H3/t14-/m0/s1. The molecule has 0 N–H and O–H groups in total. The van der Waals surface area contributed by atoms with E-state index in [2.05, 4.69) is 0 Å². The second-order valence-corrected chi connectivity index (χ2v) is 5.58. The third kappa shape index (κ3) is 4.95. The van der Waals surface area contributed by atoms with E-state index in [0.29, 0.717) is 11.4 Å². The summed E-state index contributed by atoms with van der Waals surface area (Å²) in [6, 6.07) is 15.0. The van der Waals surface area contributed by atoms with E-state index in [9.17, 15) is 14.9 Å². The number of carbonyl (C=O) groups excluding carboxylic acids is 1. The van der Waals surface area contributed by atoms with Gasteiger partial charge in [0.1, 0.15) is 5.75 Å². The Balaban J connectivity index is 2.25. The first-order valence-electron chi connectivity index (χ1n) is 8.20. The van der Waals surface area contributed by atoms with Crippen LogP contribution in [0.1, 0.15) is 13.3 Å². The number of ether oxygens (including phenoxy) is 2. The highest BCUT2D eigenvalue weighted by molar-refractivity contribution is 5.96. The van der Waals surface area contributed by atoms with Gasteiger partial charge < -0.3 is 14.4 Å². The normalized spacial score (nSPS) is 11.1. The van der Waals surface area contributed by atoms with E-state index in [4.69, 9.17) is 14.7 Å². The zero-order valence-electron chi connectivity index (χ0n) is 15.0. The summed E-state index contributed by atoms with van der Waals surface area (Å²) in [5, 5.41) is 20.1. The van der Waals surface area contributed by atoms with Crippen molar-refractivity contribution in [2.75, 3.05) is 18.6 Å². The van der Waals surface area contributed by atoms with Crippen molar-refractivity contribution < 1.29 is 19.2 Å². The highest BCUT2D eigenvalue weighted by Gasteiger charge is 2.26. The van der Waals surface area contributed by atoms with E-state index in [0.717, 1.165) is 0 Å². The highest BCUT2D eigenvalue weighted by atomic mass is 16.6. The third-order valence-electron chi connectivity index (χ3n) is 3.80. The fourth-order valence-corrected chi connectivity index (χ4v) is 2.46. The Kier molecular flexibility index (Phi) is 6.72. The van der Waals surface area contributed by atoms with Crippen LogP contribution in [0, 0.1) is 21.4 Å². The van der Waals surface area contributed by atoms with Crippen LogP contribution in [0.3, 0.4) is 0 Å². The van der Waals surface area contributed by atoms with E-state index >= 15 is 0 Å². The topological polar surface area (TPSA) is 106 Å². The number of methoxy groups -OCH3 is 1. The number of hydrogen-bond donors (Lipinski definition) is 0. The number of nitro benzene ring substituents is 1. The van der Waals surface area contributed by atoms with Crippen LogP contribution in [0.25, 0.3) is 0 Å². The third-order valence-corrected chi connectivity index (χ3v) is 3.80. The molecule has 8 nitrogen and oxygen atoms in total. The van der Waals surface area contributed by atoms with Gasteiger partial charge in [0.25, 0.3) is 5.91 Å². The van der Waals surface area contributed by atoms with Gasteiger partial charge in [-0.15, -0.1) is 0 Å². The first kappa shape index (κ1) is 19.7. The van der Waals surface area contributed by atoms with Gasteiger partial charge in [-0.25, -0.2) is 0 Å². The molecule has 2 rings (SSSR count). The lowest BCUT2D eigenvalue weighted by Crippen LogP contribution is -2.41. The molecule has 1 atom stereocenters. The number of carbonyl (C=O) groups is 1. The molecule has 0 radical (unpaired) electrons. The number of rotatable bonds is 8. The van der Waals surface area contributed by atoms with Crippen molar-refractivity contribution >= 4 is 17.3 Å². The molecule has 0 fully saturated rings. The number of anilines is 1.